The number of aromatic nitrogens is 2. The molecule has 6 aromatic rings. The monoisotopic (exact) mass is 1460 g/mol. The van der Waals surface area contributed by atoms with Gasteiger partial charge in [0.05, 0.1) is 46.2 Å². The van der Waals surface area contributed by atoms with Crippen LogP contribution in [-0.2, 0) is 19.2 Å². The number of carbonyl (C=O) groups is 4. The molecule has 2 heterocycles. The molecule has 444 valence electrons. The van der Waals surface area contributed by atoms with Crippen LogP contribution in [0, 0.1) is 89.3 Å². The van der Waals surface area contributed by atoms with Gasteiger partial charge in [0.15, 0.2) is 11.6 Å². The first kappa shape index (κ1) is 77.2. The SMILES string of the molecule is C/C([O-])=C/C(=O)C(F)(F)F.C/C([O-])=C/C(=O)C(F)(F)F.CC(=O)/C=C(\[O-])C(F)(F)F.CC(=O)/C=C(\[O-])C(F)(F)F.Cc1ccc(N=Cc2ccc3cccc([O-])c3n2)cc1.Cc1ccc(N=Cc2ccc3cccc([O-])c3n2)cc1.[Ho+3].[Ho+3]. The van der Waals surface area contributed by atoms with Crippen LogP contribution < -0.4 is 30.6 Å². The van der Waals surface area contributed by atoms with Gasteiger partial charge in [-0.25, -0.2) is 9.97 Å². The van der Waals surface area contributed by atoms with Gasteiger partial charge in [0.2, 0.25) is 0 Å². The number of carbonyl (C=O) groups excluding carboxylic acids is 4. The molecule has 2 aromatic heterocycles. The molecular weight excluding hydrogens is 1420 g/mol. The van der Waals surface area contributed by atoms with Crippen molar-refractivity contribution in [3.63, 3.8) is 0 Å². The van der Waals surface area contributed by atoms with Gasteiger partial charge in [-0.15, -0.1) is 11.5 Å². The Bertz CT molecular complexity index is 3040. The maximum absolute atomic E-state index is 11.7. The smallest absolute Gasteiger partial charge is 0.876 e. The number of fused-ring (bicyclic) bond motifs is 2. The molecule has 0 saturated heterocycles. The van der Waals surface area contributed by atoms with E-state index in [1.807, 2.05) is 98.8 Å². The molecule has 6 rings (SSSR count). The van der Waals surface area contributed by atoms with E-state index >= 15 is 0 Å². The van der Waals surface area contributed by atoms with Crippen molar-refractivity contribution in [3.05, 3.63) is 179 Å². The molecule has 14 nitrogen and oxygen atoms in total. The molecule has 0 fully saturated rings. The van der Waals surface area contributed by atoms with Crippen LogP contribution in [0.4, 0.5) is 64.1 Å². The Kier molecular flexibility index (Phi) is 33.8. The average molecular weight is 1460 g/mol. The number of nitrogens with zero attached hydrogens (tertiary/aromatic N) is 4. The van der Waals surface area contributed by atoms with Gasteiger partial charge in [-0.05, 0) is 111 Å². The first-order valence-corrected chi connectivity index (χ1v) is 22.0. The Hall–Kier alpha value is -6.84. The van der Waals surface area contributed by atoms with E-state index in [0.29, 0.717) is 22.4 Å². The molecule has 0 saturated carbocycles. The Balaban J connectivity index is 0. The van der Waals surface area contributed by atoms with Crippen molar-refractivity contribution >= 4 is 68.7 Å². The normalized spacial score (nSPS) is 12.0. The van der Waals surface area contributed by atoms with E-state index in [-0.39, 0.29) is 111 Å². The Morgan fingerprint density at radius 3 is 0.939 bits per heavy atom. The maximum atomic E-state index is 11.7. The van der Waals surface area contributed by atoms with E-state index in [9.17, 15) is 103 Å². The predicted molar refractivity (Wildman–Crippen MR) is 259 cm³/mol. The predicted octanol–water partition coefficient (Wildman–Crippen LogP) is 8.26. The third-order valence-corrected chi connectivity index (χ3v) is 8.62. The van der Waals surface area contributed by atoms with Gasteiger partial charge in [0.1, 0.15) is 0 Å². The number of ketones is 4. The van der Waals surface area contributed by atoms with Gasteiger partial charge >= 0.3 is 100 Å². The number of hydrogen-bond donors (Lipinski definition) is 0. The first-order valence-electron chi connectivity index (χ1n) is 22.0. The molecule has 0 N–H and O–H groups in total. The summed E-state index contributed by atoms with van der Waals surface area (Å²) in [5.74, 6) is -12.2. The van der Waals surface area contributed by atoms with Crippen LogP contribution in [0.2, 0.25) is 0 Å². The van der Waals surface area contributed by atoms with Crippen LogP contribution in [0.3, 0.4) is 0 Å². The summed E-state index contributed by atoms with van der Waals surface area (Å²) in [5.41, 5.74) is 6.47. The number of aliphatic imine (C=N–C) groups is 2. The Morgan fingerprint density at radius 1 is 0.427 bits per heavy atom. The summed E-state index contributed by atoms with van der Waals surface area (Å²) in [5, 5.41) is 64.8. The van der Waals surface area contributed by atoms with Crippen LogP contribution >= 0.6 is 0 Å². The second-order valence-electron chi connectivity index (χ2n) is 15.8. The van der Waals surface area contributed by atoms with Gasteiger partial charge in [0, 0.05) is 0 Å². The molecule has 0 aliphatic rings. The standard InChI is InChI=1S/2C17H14N2O.4C5H5F3O2.2Ho/c2*1-12-5-8-14(9-6-12)18-11-15-10-7-13-3-2-4-16(20)17(13)19-15;4*1-3(9)2-4(10)5(6,7)8;;/h2*2-11,20H,1H3;2*2,10H,1H3;2*2,9H,1H3;;/q;;;;;;2*+3/p-6/b;;2*4-2-;2*3-2-;;. The van der Waals surface area contributed by atoms with Gasteiger partial charge in [0.25, 0.3) is 11.6 Å². The maximum Gasteiger partial charge on any atom is 3.00 e. The fourth-order valence-electron chi connectivity index (χ4n) is 5.02. The molecule has 0 unspecified atom stereocenters. The zero-order chi connectivity index (χ0) is 61.3. The largest absolute Gasteiger partial charge is 3.00 e. The number of rotatable bonds is 8. The number of allylic oxidation sites excluding steroid dienone is 8. The fraction of sp³-hybridized carbons (Fsp3) is 0.185. The molecular formula is C54H42F12Ho2N4O10. The first-order chi connectivity index (χ1) is 36.8. The van der Waals surface area contributed by atoms with Crippen molar-refractivity contribution in [1.29, 1.82) is 0 Å². The van der Waals surface area contributed by atoms with Crippen molar-refractivity contribution in [1.82, 2.24) is 9.97 Å². The number of alkyl halides is 12. The second-order valence-corrected chi connectivity index (χ2v) is 15.8. The van der Waals surface area contributed by atoms with Crippen molar-refractivity contribution in [2.24, 2.45) is 9.98 Å². The number of pyridine rings is 2. The average Bonchev–Trinajstić information content (AvgIpc) is 3.33. The van der Waals surface area contributed by atoms with Gasteiger partial charge < -0.3 is 30.6 Å². The van der Waals surface area contributed by atoms with Crippen LogP contribution in [0.1, 0.15) is 50.2 Å². The molecule has 0 radical (unpaired) electrons. The van der Waals surface area contributed by atoms with Gasteiger partial charge in [-0.3, -0.25) is 29.2 Å². The molecule has 0 aliphatic carbocycles. The molecule has 28 heteroatoms. The molecule has 0 bridgehead atoms. The Morgan fingerprint density at radius 2 is 0.720 bits per heavy atom. The van der Waals surface area contributed by atoms with E-state index in [2.05, 4.69) is 20.0 Å². The summed E-state index contributed by atoms with van der Waals surface area (Å²) in [4.78, 5) is 57.0. The molecule has 82 heavy (non-hydrogen) atoms. The summed E-state index contributed by atoms with van der Waals surface area (Å²) in [6.45, 7) is 7.59. The molecule has 0 aliphatic heterocycles. The minimum absolute atomic E-state index is 0. The topological polar surface area (TPSA) is 257 Å². The van der Waals surface area contributed by atoms with Crippen LogP contribution in [0.15, 0.2) is 167 Å². The van der Waals surface area contributed by atoms with E-state index in [4.69, 9.17) is 0 Å². The minimum atomic E-state index is -4.92. The number of para-hydroxylation sites is 2. The number of halogens is 12. The summed E-state index contributed by atoms with van der Waals surface area (Å²) >= 11 is 0. The van der Waals surface area contributed by atoms with Crippen LogP contribution in [0.25, 0.3) is 21.8 Å². The zero-order valence-electron chi connectivity index (χ0n) is 42.9. The van der Waals surface area contributed by atoms with Crippen molar-refractivity contribution in [2.75, 3.05) is 0 Å². The van der Waals surface area contributed by atoms with E-state index in [1.165, 1.54) is 23.3 Å². The number of benzene rings is 4. The molecule has 4 aromatic carbocycles. The van der Waals surface area contributed by atoms with E-state index in [0.717, 1.165) is 49.8 Å². The minimum Gasteiger partial charge on any atom is -0.876 e. The van der Waals surface area contributed by atoms with Crippen molar-refractivity contribution in [3.8, 4) is 11.5 Å². The van der Waals surface area contributed by atoms with Crippen molar-refractivity contribution < 1.29 is 178 Å². The summed E-state index contributed by atoms with van der Waals surface area (Å²) in [7, 11) is 0. The van der Waals surface area contributed by atoms with E-state index in [1.54, 1.807) is 24.6 Å². The van der Waals surface area contributed by atoms with Gasteiger partial charge in [-0.1, -0.05) is 109 Å². The van der Waals surface area contributed by atoms with Gasteiger partial charge in [-0.2, -0.15) is 52.7 Å². The molecule has 0 atom stereocenters. The third kappa shape index (κ3) is 32.0. The summed E-state index contributed by atoms with van der Waals surface area (Å²) in [6, 6.07) is 33.6. The van der Waals surface area contributed by atoms with Crippen LogP contribution in [-0.4, -0.2) is 70.2 Å². The van der Waals surface area contributed by atoms with E-state index < -0.39 is 70.9 Å². The quantitative estimate of drug-likeness (QED) is 0.0459. The number of aryl methyl sites for hydroxylation is 2. The van der Waals surface area contributed by atoms with Crippen LogP contribution in [0.5, 0.6) is 11.5 Å². The van der Waals surface area contributed by atoms with Crippen molar-refractivity contribution in [2.45, 2.75) is 66.2 Å². The fourth-order valence-corrected chi connectivity index (χ4v) is 5.02. The Labute approximate surface area is 519 Å². The third-order valence-electron chi connectivity index (χ3n) is 8.62. The molecule has 0 amide bonds. The zero-order valence-corrected chi connectivity index (χ0v) is 46.7. The molecule has 0 spiro atoms. The second kappa shape index (κ2) is 35.9. The summed E-state index contributed by atoms with van der Waals surface area (Å²) < 4.78 is 135. The number of hydrogen-bond acceptors (Lipinski definition) is 14. The summed E-state index contributed by atoms with van der Waals surface area (Å²) in [6.07, 6.45) is -16.3.